The summed E-state index contributed by atoms with van der Waals surface area (Å²) in [5.41, 5.74) is 0.713. The number of aliphatic hydroxyl groups is 1. The Morgan fingerprint density at radius 1 is 1.15 bits per heavy atom. The van der Waals surface area contributed by atoms with Crippen molar-refractivity contribution in [1.29, 1.82) is 0 Å². The van der Waals surface area contributed by atoms with Gasteiger partial charge in [-0.25, -0.2) is 12.7 Å². The Morgan fingerprint density at radius 2 is 1.82 bits per heavy atom. The van der Waals surface area contributed by atoms with Crippen molar-refractivity contribution in [3.63, 3.8) is 0 Å². The summed E-state index contributed by atoms with van der Waals surface area (Å²) in [6.07, 6.45) is 0.498. The zero-order chi connectivity index (χ0) is 24.3. The van der Waals surface area contributed by atoms with E-state index in [0.717, 1.165) is 4.31 Å². The van der Waals surface area contributed by atoms with Gasteiger partial charge in [0.25, 0.3) is 11.7 Å². The third-order valence-electron chi connectivity index (χ3n) is 5.36. The third-order valence-corrected chi connectivity index (χ3v) is 7.42. The summed E-state index contributed by atoms with van der Waals surface area (Å²) in [5, 5.41) is 11.5. The fraction of sp³-hybridized carbons (Fsp3) is 0.304. The van der Waals surface area contributed by atoms with Gasteiger partial charge in [-0.05, 0) is 48.4 Å². The number of methoxy groups -OCH3 is 1. The van der Waals surface area contributed by atoms with Crippen molar-refractivity contribution in [2.45, 2.75) is 17.4 Å². The smallest absolute Gasteiger partial charge is 0.295 e. The van der Waals surface area contributed by atoms with Crippen LogP contribution in [-0.2, 0) is 24.3 Å². The van der Waals surface area contributed by atoms with Crippen LogP contribution in [0.1, 0.15) is 23.6 Å². The van der Waals surface area contributed by atoms with Crippen molar-refractivity contribution in [3.8, 4) is 0 Å². The van der Waals surface area contributed by atoms with Gasteiger partial charge in [-0.3, -0.25) is 9.59 Å². The van der Waals surface area contributed by atoms with Crippen LogP contribution in [0.2, 0.25) is 5.02 Å². The Balaban J connectivity index is 2.10. The van der Waals surface area contributed by atoms with Crippen molar-refractivity contribution in [2.75, 3.05) is 34.4 Å². The maximum Gasteiger partial charge on any atom is 0.295 e. The molecule has 2 aromatic rings. The minimum atomic E-state index is -3.66. The van der Waals surface area contributed by atoms with Gasteiger partial charge in [-0.15, -0.1) is 0 Å². The molecule has 0 radical (unpaired) electrons. The number of halogens is 1. The molecular formula is C23H25ClN2O6S. The number of Topliss-reactive ketones (excluding diaryl/α,β-unsaturated/α-hetero) is 1. The molecule has 1 aliphatic heterocycles. The zero-order valence-corrected chi connectivity index (χ0v) is 20.1. The molecule has 10 heteroatoms. The first-order chi connectivity index (χ1) is 15.6. The number of carbonyl (C=O) groups is 2. The number of hydrogen-bond donors (Lipinski definition) is 1. The normalized spacial score (nSPS) is 18.3. The summed E-state index contributed by atoms with van der Waals surface area (Å²) in [6.45, 7) is 0.638. The van der Waals surface area contributed by atoms with Crippen molar-refractivity contribution in [3.05, 3.63) is 70.3 Å². The summed E-state index contributed by atoms with van der Waals surface area (Å²) < 4.78 is 30.8. The van der Waals surface area contributed by atoms with Crippen LogP contribution >= 0.6 is 11.6 Å². The Morgan fingerprint density at radius 3 is 2.39 bits per heavy atom. The van der Waals surface area contributed by atoms with E-state index < -0.39 is 27.8 Å². The predicted octanol–water partition coefficient (Wildman–Crippen LogP) is 3.05. The molecule has 0 spiro atoms. The van der Waals surface area contributed by atoms with Crippen LogP contribution in [-0.4, -0.2) is 68.8 Å². The van der Waals surface area contributed by atoms with Gasteiger partial charge >= 0.3 is 0 Å². The molecule has 1 saturated heterocycles. The largest absolute Gasteiger partial charge is 0.507 e. The predicted molar refractivity (Wildman–Crippen MR) is 124 cm³/mol. The van der Waals surface area contributed by atoms with E-state index in [9.17, 15) is 23.1 Å². The molecule has 8 nitrogen and oxygen atoms in total. The molecule has 176 valence electrons. The van der Waals surface area contributed by atoms with Crippen LogP contribution in [0.25, 0.3) is 5.76 Å². The first-order valence-electron chi connectivity index (χ1n) is 10.2. The maximum absolute atomic E-state index is 13.0. The monoisotopic (exact) mass is 492 g/mol. The topological polar surface area (TPSA) is 104 Å². The number of rotatable bonds is 8. The summed E-state index contributed by atoms with van der Waals surface area (Å²) in [6, 6.07) is 11.4. The van der Waals surface area contributed by atoms with Gasteiger partial charge in [0, 0.05) is 44.9 Å². The number of benzene rings is 2. The van der Waals surface area contributed by atoms with Crippen LogP contribution in [0, 0.1) is 0 Å². The van der Waals surface area contributed by atoms with Gasteiger partial charge in [0.2, 0.25) is 10.0 Å². The summed E-state index contributed by atoms with van der Waals surface area (Å²) >= 11 is 6.15. The lowest BCUT2D eigenvalue weighted by atomic mass is 9.95. The lowest BCUT2D eigenvalue weighted by Gasteiger charge is -2.25. The molecule has 0 saturated carbocycles. The van der Waals surface area contributed by atoms with Gasteiger partial charge < -0.3 is 14.7 Å². The highest BCUT2D eigenvalue weighted by atomic mass is 35.5. The maximum atomic E-state index is 13.0. The second kappa shape index (κ2) is 10.0. The number of aliphatic hydroxyl groups excluding tert-OH is 1. The summed E-state index contributed by atoms with van der Waals surface area (Å²) in [5.74, 6) is -1.94. The number of carbonyl (C=O) groups excluding carboxylic acids is 2. The summed E-state index contributed by atoms with van der Waals surface area (Å²) in [7, 11) is 0.718. The van der Waals surface area contributed by atoms with Crippen LogP contribution in [0.5, 0.6) is 0 Å². The highest BCUT2D eigenvalue weighted by Gasteiger charge is 2.45. The van der Waals surface area contributed by atoms with Gasteiger partial charge in [0.15, 0.2) is 0 Å². The molecule has 0 aromatic heterocycles. The lowest BCUT2D eigenvalue weighted by Crippen LogP contribution is -2.31. The van der Waals surface area contributed by atoms with E-state index >= 15 is 0 Å². The van der Waals surface area contributed by atoms with Crippen LogP contribution in [0.3, 0.4) is 0 Å². The van der Waals surface area contributed by atoms with Crippen LogP contribution in [0.4, 0.5) is 0 Å². The van der Waals surface area contributed by atoms with Crippen molar-refractivity contribution < 1.29 is 27.9 Å². The zero-order valence-electron chi connectivity index (χ0n) is 18.5. The molecule has 0 bridgehead atoms. The Labute approximate surface area is 198 Å². The second-order valence-electron chi connectivity index (χ2n) is 7.71. The first kappa shape index (κ1) is 24.9. The minimum absolute atomic E-state index is 0.0375. The van der Waals surface area contributed by atoms with E-state index in [0.29, 0.717) is 23.6 Å². The van der Waals surface area contributed by atoms with Crippen molar-refractivity contribution in [2.24, 2.45) is 0 Å². The molecule has 1 heterocycles. The highest BCUT2D eigenvalue weighted by molar-refractivity contribution is 7.89. The van der Waals surface area contributed by atoms with E-state index in [1.807, 2.05) is 0 Å². The van der Waals surface area contributed by atoms with Gasteiger partial charge in [-0.2, -0.15) is 0 Å². The van der Waals surface area contributed by atoms with Crippen LogP contribution in [0.15, 0.2) is 59.0 Å². The molecule has 1 aliphatic rings. The molecule has 1 fully saturated rings. The van der Waals surface area contributed by atoms with Gasteiger partial charge in [0.1, 0.15) is 5.76 Å². The van der Waals surface area contributed by atoms with Crippen LogP contribution < -0.4 is 0 Å². The number of hydrogen-bond acceptors (Lipinski definition) is 6. The number of likely N-dealkylation sites (tertiary alicyclic amines) is 1. The number of sulfonamides is 1. The fourth-order valence-corrected chi connectivity index (χ4v) is 4.76. The third kappa shape index (κ3) is 4.96. The number of amides is 1. The molecular weight excluding hydrogens is 468 g/mol. The number of nitrogens with zero attached hydrogens (tertiary/aromatic N) is 2. The Hall–Kier alpha value is -2.72. The molecule has 33 heavy (non-hydrogen) atoms. The number of ether oxygens (including phenoxy) is 1. The first-order valence-corrected chi connectivity index (χ1v) is 12.0. The van der Waals surface area contributed by atoms with E-state index in [-0.39, 0.29) is 28.3 Å². The van der Waals surface area contributed by atoms with Crippen molar-refractivity contribution in [1.82, 2.24) is 9.21 Å². The molecule has 0 unspecified atom stereocenters. The van der Waals surface area contributed by atoms with Crippen molar-refractivity contribution >= 4 is 39.1 Å². The summed E-state index contributed by atoms with van der Waals surface area (Å²) in [4.78, 5) is 27.2. The average Bonchev–Trinajstić information content (AvgIpc) is 3.03. The quantitative estimate of drug-likeness (QED) is 0.263. The molecule has 2 aromatic carbocycles. The van der Waals surface area contributed by atoms with E-state index in [1.54, 1.807) is 31.4 Å². The van der Waals surface area contributed by atoms with E-state index in [4.69, 9.17) is 16.3 Å². The SMILES string of the molecule is COCCCN1C(=O)C(=O)/C(=C(/O)c2ccc(S(=O)(=O)N(C)C)cc2)[C@H]1c1cccc(Cl)c1. The standard InChI is InChI=1S/C23H25ClN2O6S/c1-25(2)33(30,31)18-10-8-15(9-11-18)21(27)19-20(16-6-4-7-17(24)14-16)26(12-5-13-32-3)23(29)22(19)28/h4,6-11,14,20,27H,5,12-13H2,1-3H3/b21-19+/t20-/m1/s1. The second-order valence-corrected chi connectivity index (χ2v) is 10.3. The van der Waals surface area contributed by atoms with E-state index in [2.05, 4.69) is 0 Å². The number of ketones is 1. The molecule has 0 aliphatic carbocycles. The van der Waals surface area contributed by atoms with Gasteiger partial charge in [0.05, 0.1) is 16.5 Å². The fourth-order valence-electron chi connectivity index (χ4n) is 3.66. The molecule has 3 rings (SSSR count). The highest BCUT2D eigenvalue weighted by Crippen LogP contribution is 2.40. The molecule has 1 amide bonds. The molecule has 1 atom stereocenters. The Kier molecular flexibility index (Phi) is 7.58. The minimum Gasteiger partial charge on any atom is -0.507 e. The van der Waals surface area contributed by atoms with E-state index in [1.165, 1.54) is 43.3 Å². The molecule has 1 N–H and O–H groups in total. The lowest BCUT2D eigenvalue weighted by molar-refractivity contribution is -0.140. The Bertz CT molecular complexity index is 1190. The average molecular weight is 493 g/mol. The van der Waals surface area contributed by atoms with Gasteiger partial charge in [-0.1, -0.05) is 23.7 Å².